The number of aryl methyl sites for hydroxylation is 1. The summed E-state index contributed by atoms with van der Waals surface area (Å²) in [5, 5.41) is 13.0. The van der Waals surface area contributed by atoms with Gasteiger partial charge in [-0.25, -0.2) is 0 Å². The second-order valence-corrected chi connectivity index (χ2v) is 8.50. The van der Waals surface area contributed by atoms with Crippen molar-refractivity contribution < 1.29 is 19.4 Å². The quantitative estimate of drug-likeness (QED) is 0.652. The Morgan fingerprint density at radius 3 is 2.69 bits per heavy atom. The van der Waals surface area contributed by atoms with Gasteiger partial charge in [-0.2, -0.15) is 0 Å². The van der Waals surface area contributed by atoms with Crippen LogP contribution in [0, 0.1) is 6.92 Å². The van der Waals surface area contributed by atoms with Crippen LogP contribution in [0.1, 0.15) is 46.9 Å². The molecule has 2 aliphatic rings. The van der Waals surface area contributed by atoms with Crippen molar-refractivity contribution in [3.63, 3.8) is 0 Å². The molecule has 1 amide bonds. The smallest absolute Gasteiger partial charge is 0.253 e. The summed E-state index contributed by atoms with van der Waals surface area (Å²) < 4.78 is 12.1. The van der Waals surface area contributed by atoms with Crippen LogP contribution in [0.2, 0.25) is 0 Å². The topological polar surface area (TPSA) is 93.6 Å². The molecule has 1 atom stereocenters. The average Bonchev–Trinajstić information content (AvgIpc) is 2.80. The van der Waals surface area contributed by atoms with Crippen molar-refractivity contribution in [1.29, 1.82) is 0 Å². The number of nitrogens with one attached hydrogen (secondary N) is 1. The standard InChI is InChI=1S/C25H25N3O4/c1-16-2-3-18(14-27-16)24(30)28-22-12-25(6-8-31-9-7-25)32-23-5-4-17(11-21(22)23)19-10-20(29)15-26-13-19/h2-5,10-11,13-15,22,29H,6-9,12H2,1H3,(H,28,30). The Morgan fingerprint density at radius 1 is 1.09 bits per heavy atom. The number of hydrogen-bond donors (Lipinski definition) is 2. The van der Waals surface area contributed by atoms with Gasteiger partial charge < -0.3 is 19.9 Å². The van der Waals surface area contributed by atoms with Crippen molar-refractivity contribution >= 4 is 5.91 Å². The second-order valence-electron chi connectivity index (χ2n) is 8.50. The van der Waals surface area contributed by atoms with Gasteiger partial charge in [-0.1, -0.05) is 6.07 Å². The highest BCUT2D eigenvalue weighted by atomic mass is 16.5. The number of aromatic nitrogens is 2. The Labute approximate surface area is 186 Å². The summed E-state index contributed by atoms with van der Waals surface area (Å²) in [7, 11) is 0. The molecule has 2 aliphatic heterocycles. The summed E-state index contributed by atoms with van der Waals surface area (Å²) in [6, 6.07) is 11.0. The maximum Gasteiger partial charge on any atom is 0.253 e. The van der Waals surface area contributed by atoms with Gasteiger partial charge in [0.25, 0.3) is 5.91 Å². The maximum atomic E-state index is 13.0. The summed E-state index contributed by atoms with van der Waals surface area (Å²) in [6.45, 7) is 3.18. The third kappa shape index (κ3) is 4.03. The zero-order valence-corrected chi connectivity index (χ0v) is 17.9. The van der Waals surface area contributed by atoms with Gasteiger partial charge in [-0.15, -0.1) is 0 Å². The van der Waals surface area contributed by atoms with Crippen molar-refractivity contribution in [3.05, 3.63) is 71.8 Å². The highest BCUT2D eigenvalue weighted by molar-refractivity contribution is 5.94. The van der Waals surface area contributed by atoms with E-state index < -0.39 is 0 Å². The van der Waals surface area contributed by atoms with Gasteiger partial charge in [0, 0.05) is 48.5 Å². The number of amides is 1. The predicted molar refractivity (Wildman–Crippen MR) is 119 cm³/mol. The number of aromatic hydroxyl groups is 1. The summed E-state index contributed by atoms with van der Waals surface area (Å²) >= 11 is 0. The number of hydrogen-bond acceptors (Lipinski definition) is 6. The fraction of sp³-hybridized carbons (Fsp3) is 0.320. The van der Waals surface area contributed by atoms with Crippen molar-refractivity contribution in [3.8, 4) is 22.6 Å². The Morgan fingerprint density at radius 2 is 1.94 bits per heavy atom. The Hall–Kier alpha value is -3.45. The normalized spacial score (nSPS) is 19.1. The molecule has 32 heavy (non-hydrogen) atoms. The molecule has 1 saturated heterocycles. The lowest BCUT2D eigenvalue weighted by atomic mass is 9.81. The molecule has 5 rings (SSSR count). The van der Waals surface area contributed by atoms with Gasteiger partial charge in [0.1, 0.15) is 17.1 Å². The van der Waals surface area contributed by atoms with E-state index in [0.29, 0.717) is 25.2 Å². The van der Waals surface area contributed by atoms with Crippen LogP contribution in [-0.4, -0.2) is 39.8 Å². The van der Waals surface area contributed by atoms with Crippen LogP contribution >= 0.6 is 0 Å². The summed E-state index contributed by atoms with van der Waals surface area (Å²) in [5.74, 6) is 0.707. The highest BCUT2D eigenvalue weighted by Gasteiger charge is 2.43. The minimum absolute atomic E-state index is 0.106. The Bertz CT molecular complexity index is 1140. The maximum absolute atomic E-state index is 13.0. The van der Waals surface area contributed by atoms with Crippen molar-refractivity contribution in [2.75, 3.05) is 13.2 Å². The molecule has 2 N–H and O–H groups in total. The third-order valence-electron chi connectivity index (χ3n) is 6.23. The van der Waals surface area contributed by atoms with E-state index in [1.165, 1.54) is 6.20 Å². The minimum Gasteiger partial charge on any atom is -0.506 e. The molecule has 0 aliphatic carbocycles. The summed E-state index contributed by atoms with van der Waals surface area (Å²) in [4.78, 5) is 21.4. The van der Waals surface area contributed by atoms with Crippen LogP contribution in [-0.2, 0) is 4.74 Å². The molecule has 1 fully saturated rings. The van der Waals surface area contributed by atoms with Crippen molar-refractivity contribution in [1.82, 2.24) is 15.3 Å². The zero-order valence-electron chi connectivity index (χ0n) is 17.9. The molecule has 0 bridgehead atoms. The van der Waals surface area contributed by atoms with Gasteiger partial charge in [0.05, 0.1) is 31.0 Å². The molecule has 7 heteroatoms. The fourth-order valence-corrected chi connectivity index (χ4v) is 4.46. The molecule has 7 nitrogen and oxygen atoms in total. The number of ether oxygens (including phenoxy) is 2. The SMILES string of the molecule is Cc1ccc(C(=O)NC2CC3(CCOCC3)Oc3ccc(-c4cncc(O)c4)cc32)cn1. The summed E-state index contributed by atoms with van der Waals surface area (Å²) in [6.07, 6.45) is 6.93. The third-order valence-corrected chi connectivity index (χ3v) is 6.23. The van der Waals surface area contributed by atoms with E-state index in [1.807, 2.05) is 31.2 Å². The average molecular weight is 431 g/mol. The first-order valence-corrected chi connectivity index (χ1v) is 10.8. The van der Waals surface area contributed by atoms with Gasteiger partial charge >= 0.3 is 0 Å². The number of carbonyl (C=O) groups is 1. The molecule has 3 aromatic rings. The molecule has 1 unspecified atom stereocenters. The lowest BCUT2D eigenvalue weighted by Gasteiger charge is -2.44. The van der Waals surface area contributed by atoms with E-state index in [9.17, 15) is 9.90 Å². The molecule has 2 aromatic heterocycles. The molecule has 0 saturated carbocycles. The van der Waals surface area contributed by atoms with Gasteiger partial charge in [0.15, 0.2) is 0 Å². The van der Waals surface area contributed by atoms with Gasteiger partial charge in [-0.05, 0) is 42.8 Å². The largest absolute Gasteiger partial charge is 0.506 e. The van der Waals surface area contributed by atoms with E-state index in [2.05, 4.69) is 15.3 Å². The molecule has 0 radical (unpaired) electrons. The van der Waals surface area contributed by atoms with E-state index >= 15 is 0 Å². The predicted octanol–water partition coefficient (Wildman–Crippen LogP) is 3.96. The molecule has 1 aromatic carbocycles. The van der Waals surface area contributed by atoms with Crippen LogP contribution in [0.4, 0.5) is 0 Å². The fourth-order valence-electron chi connectivity index (χ4n) is 4.46. The highest BCUT2D eigenvalue weighted by Crippen LogP contribution is 2.45. The van der Waals surface area contributed by atoms with Crippen LogP contribution in [0.25, 0.3) is 11.1 Å². The number of rotatable bonds is 3. The minimum atomic E-state index is -0.358. The zero-order chi connectivity index (χ0) is 22.1. The number of pyridine rings is 2. The van der Waals surface area contributed by atoms with Gasteiger partial charge in [0.2, 0.25) is 0 Å². The number of benzene rings is 1. The lowest BCUT2D eigenvalue weighted by molar-refractivity contribution is -0.0639. The molecule has 164 valence electrons. The monoisotopic (exact) mass is 431 g/mol. The van der Waals surface area contributed by atoms with Crippen molar-refractivity contribution in [2.45, 2.75) is 37.8 Å². The van der Waals surface area contributed by atoms with Crippen LogP contribution in [0.15, 0.2) is 55.0 Å². The van der Waals surface area contributed by atoms with Crippen LogP contribution in [0.3, 0.4) is 0 Å². The second kappa shape index (κ2) is 8.24. The first-order valence-electron chi connectivity index (χ1n) is 10.8. The van der Waals surface area contributed by atoms with Crippen LogP contribution < -0.4 is 10.1 Å². The number of carbonyl (C=O) groups excluding carboxylic acids is 1. The van der Waals surface area contributed by atoms with Crippen LogP contribution in [0.5, 0.6) is 11.5 Å². The van der Waals surface area contributed by atoms with E-state index in [-0.39, 0.29) is 23.3 Å². The van der Waals surface area contributed by atoms with Crippen molar-refractivity contribution in [2.24, 2.45) is 0 Å². The molecule has 1 spiro atoms. The van der Waals surface area contributed by atoms with Gasteiger partial charge in [-0.3, -0.25) is 14.8 Å². The van der Waals surface area contributed by atoms with E-state index in [0.717, 1.165) is 41.0 Å². The number of nitrogens with zero attached hydrogens (tertiary/aromatic N) is 2. The first-order chi connectivity index (χ1) is 15.5. The summed E-state index contributed by atoms with van der Waals surface area (Å²) in [5.41, 5.74) is 3.64. The molecular formula is C25H25N3O4. The van der Waals surface area contributed by atoms with E-state index in [4.69, 9.17) is 9.47 Å². The Balaban J connectivity index is 1.51. The Kier molecular flexibility index (Phi) is 5.27. The molecule has 4 heterocycles. The lowest BCUT2D eigenvalue weighted by Crippen LogP contribution is -2.48. The first kappa shape index (κ1) is 20.5. The van der Waals surface area contributed by atoms with E-state index in [1.54, 1.807) is 24.5 Å². The number of fused-ring (bicyclic) bond motifs is 1. The molecular weight excluding hydrogens is 406 g/mol.